The number of amides is 1. The van der Waals surface area contributed by atoms with Crippen LogP contribution in [0.4, 0.5) is 0 Å². The van der Waals surface area contributed by atoms with Crippen molar-refractivity contribution < 1.29 is 4.79 Å². The predicted molar refractivity (Wildman–Crippen MR) is 124 cm³/mol. The van der Waals surface area contributed by atoms with Gasteiger partial charge in [-0.3, -0.25) is 9.69 Å². The normalized spacial score (nSPS) is 18.7. The summed E-state index contributed by atoms with van der Waals surface area (Å²) >= 11 is 0. The molecule has 29 heavy (non-hydrogen) atoms. The Balaban J connectivity index is 0.00000210. The molecule has 4 nitrogen and oxygen atoms in total. The van der Waals surface area contributed by atoms with Gasteiger partial charge in [-0.15, -0.1) is 24.8 Å². The number of hydrogen-bond acceptors (Lipinski definition) is 3. The number of nitrogens with one attached hydrogen (secondary N) is 1. The highest BCUT2D eigenvalue weighted by Crippen LogP contribution is 2.19. The molecule has 1 aliphatic heterocycles. The summed E-state index contributed by atoms with van der Waals surface area (Å²) in [6.07, 6.45) is 2.64. The van der Waals surface area contributed by atoms with Gasteiger partial charge in [0.1, 0.15) is 5.54 Å². The van der Waals surface area contributed by atoms with Gasteiger partial charge < -0.3 is 11.1 Å². The molecular formula is C23H33Cl2N3O. The van der Waals surface area contributed by atoms with Crippen LogP contribution in [0, 0.1) is 5.92 Å². The fourth-order valence-electron chi connectivity index (χ4n) is 3.73. The summed E-state index contributed by atoms with van der Waals surface area (Å²) in [6, 6.07) is 18.0. The van der Waals surface area contributed by atoms with E-state index in [1.54, 1.807) is 6.92 Å². The molecular weight excluding hydrogens is 405 g/mol. The number of nitrogens with two attached hydrogens (primary N) is 1. The second-order valence-electron chi connectivity index (χ2n) is 8.05. The van der Waals surface area contributed by atoms with Gasteiger partial charge in [0.2, 0.25) is 5.91 Å². The first-order valence-corrected chi connectivity index (χ1v) is 9.88. The van der Waals surface area contributed by atoms with Crippen LogP contribution < -0.4 is 11.1 Å². The van der Waals surface area contributed by atoms with Crippen LogP contribution in [0.15, 0.2) is 54.6 Å². The van der Waals surface area contributed by atoms with Crippen molar-refractivity contribution >= 4 is 30.7 Å². The number of rotatable bonds is 6. The number of halogens is 2. The van der Waals surface area contributed by atoms with Gasteiger partial charge in [-0.2, -0.15) is 0 Å². The second-order valence-corrected chi connectivity index (χ2v) is 8.05. The zero-order valence-electron chi connectivity index (χ0n) is 17.3. The number of carbonyl (C=O) groups is 1. The van der Waals surface area contributed by atoms with Crippen molar-refractivity contribution in [2.45, 2.75) is 45.3 Å². The Hall–Kier alpha value is -1.59. The van der Waals surface area contributed by atoms with Gasteiger partial charge in [-0.1, -0.05) is 61.5 Å². The number of nitrogens with zero attached hydrogens (tertiary/aromatic N) is 1. The summed E-state index contributed by atoms with van der Waals surface area (Å²) in [5.74, 6) is 0.628. The minimum Gasteiger partial charge on any atom is -0.350 e. The van der Waals surface area contributed by atoms with Gasteiger partial charge in [0.25, 0.3) is 0 Å². The monoisotopic (exact) mass is 437 g/mol. The third-order valence-electron chi connectivity index (χ3n) is 5.47. The predicted octanol–water partition coefficient (Wildman–Crippen LogP) is 4.25. The van der Waals surface area contributed by atoms with Crippen molar-refractivity contribution in [1.82, 2.24) is 10.2 Å². The molecule has 1 amide bonds. The molecule has 0 bridgehead atoms. The number of likely N-dealkylation sites (tertiary alicyclic amines) is 1. The maximum absolute atomic E-state index is 12.6. The van der Waals surface area contributed by atoms with Gasteiger partial charge in [-0.25, -0.2) is 0 Å². The first-order chi connectivity index (χ1) is 12.9. The molecule has 0 saturated carbocycles. The van der Waals surface area contributed by atoms with Crippen LogP contribution in [0.25, 0.3) is 0 Å². The van der Waals surface area contributed by atoms with E-state index in [-0.39, 0.29) is 30.7 Å². The third-order valence-corrected chi connectivity index (χ3v) is 5.47. The molecule has 6 heteroatoms. The van der Waals surface area contributed by atoms with Gasteiger partial charge >= 0.3 is 0 Å². The maximum Gasteiger partial charge on any atom is 0.244 e. The van der Waals surface area contributed by atoms with Crippen LogP contribution in [-0.4, -0.2) is 23.9 Å². The van der Waals surface area contributed by atoms with Crippen LogP contribution in [0.1, 0.15) is 43.4 Å². The van der Waals surface area contributed by atoms with Crippen LogP contribution in [0.5, 0.6) is 0 Å². The third kappa shape index (κ3) is 7.00. The van der Waals surface area contributed by atoms with Crippen LogP contribution in [0.2, 0.25) is 0 Å². The molecule has 160 valence electrons. The lowest BCUT2D eigenvalue weighted by atomic mass is 9.92. The maximum atomic E-state index is 12.6. The average molecular weight is 438 g/mol. The molecule has 0 radical (unpaired) electrons. The summed E-state index contributed by atoms with van der Waals surface area (Å²) in [5, 5.41) is 2.97. The Morgan fingerprint density at radius 1 is 1.10 bits per heavy atom. The van der Waals surface area contributed by atoms with Gasteiger partial charge in [0.05, 0.1) is 0 Å². The highest BCUT2D eigenvalue weighted by molar-refractivity contribution is 5.87. The van der Waals surface area contributed by atoms with Crippen molar-refractivity contribution in [1.29, 1.82) is 0 Å². The zero-order chi connectivity index (χ0) is 19.3. The molecule has 0 aromatic heterocycles. The largest absolute Gasteiger partial charge is 0.350 e. The lowest BCUT2D eigenvalue weighted by Crippen LogP contribution is -2.48. The molecule has 0 spiro atoms. The molecule has 2 aromatic carbocycles. The Morgan fingerprint density at radius 3 is 2.34 bits per heavy atom. The minimum atomic E-state index is -1.04. The quantitative estimate of drug-likeness (QED) is 0.709. The highest BCUT2D eigenvalue weighted by Gasteiger charge is 2.29. The molecule has 3 rings (SSSR count). The number of hydrogen-bond donors (Lipinski definition) is 2. The molecule has 2 aromatic rings. The van der Waals surface area contributed by atoms with Crippen LogP contribution >= 0.6 is 24.8 Å². The molecule has 1 saturated heterocycles. The van der Waals surface area contributed by atoms with Crippen molar-refractivity contribution in [2.75, 3.05) is 13.1 Å². The van der Waals surface area contributed by atoms with Gasteiger partial charge in [-0.05, 0) is 48.9 Å². The van der Waals surface area contributed by atoms with Gasteiger partial charge in [0, 0.05) is 19.6 Å². The SMILES string of the molecule is CC1CCCN(Cc2ccc(CNC(=O)C(C)(N)c3ccccc3)cc2)C1.Cl.Cl. The topological polar surface area (TPSA) is 58.4 Å². The molecule has 1 fully saturated rings. The van der Waals surface area contributed by atoms with E-state index in [1.165, 1.54) is 31.5 Å². The summed E-state index contributed by atoms with van der Waals surface area (Å²) in [7, 11) is 0. The highest BCUT2D eigenvalue weighted by atomic mass is 35.5. The van der Waals surface area contributed by atoms with E-state index in [0.29, 0.717) is 6.54 Å². The average Bonchev–Trinajstić information content (AvgIpc) is 2.68. The molecule has 1 aliphatic rings. The molecule has 0 aliphatic carbocycles. The van der Waals surface area contributed by atoms with E-state index >= 15 is 0 Å². The van der Waals surface area contributed by atoms with Crippen molar-refractivity contribution in [3.05, 3.63) is 71.3 Å². The number of piperidine rings is 1. The Kier molecular flexibility index (Phi) is 10.1. The van der Waals surface area contributed by atoms with E-state index in [1.807, 2.05) is 30.3 Å². The van der Waals surface area contributed by atoms with Crippen molar-refractivity contribution in [2.24, 2.45) is 11.7 Å². The van der Waals surface area contributed by atoms with Crippen molar-refractivity contribution in [3.63, 3.8) is 0 Å². The molecule has 2 unspecified atom stereocenters. The van der Waals surface area contributed by atoms with Crippen LogP contribution in [-0.2, 0) is 23.4 Å². The standard InChI is InChI=1S/C23H31N3O.2ClH/c1-18-7-6-14-26(16-18)17-20-12-10-19(11-13-20)15-25-22(27)23(2,24)21-8-4-3-5-9-21;;/h3-5,8-13,18H,6-7,14-17,24H2,1-2H3,(H,25,27);2*1H. The molecule has 3 N–H and O–H groups in total. The van der Waals surface area contributed by atoms with E-state index < -0.39 is 5.54 Å². The Morgan fingerprint density at radius 2 is 1.72 bits per heavy atom. The number of carbonyl (C=O) groups excluding carboxylic acids is 1. The Labute approximate surface area is 187 Å². The zero-order valence-corrected chi connectivity index (χ0v) is 18.9. The fourth-order valence-corrected chi connectivity index (χ4v) is 3.73. The van der Waals surface area contributed by atoms with E-state index in [9.17, 15) is 4.79 Å². The summed E-state index contributed by atoms with van der Waals surface area (Å²) in [4.78, 5) is 15.1. The lowest BCUT2D eigenvalue weighted by molar-refractivity contribution is -0.126. The van der Waals surface area contributed by atoms with E-state index in [4.69, 9.17) is 5.73 Å². The minimum absolute atomic E-state index is 0. The Bertz CT molecular complexity index is 750. The first-order valence-electron chi connectivity index (χ1n) is 9.88. The van der Waals surface area contributed by atoms with Crippen molar-refractivity contribution in [3.8, 4) is 0 Å². The fraction of sp³-hybridized carbons (Fsp3) is 0.435. The van der Waals surface area contributed by atoms with Crippen LogP contribution in [0.3, 0.4) is 0 Å². The van der Waals surface area contributed by atoms with Gasteiger partial charge in [0.15, 0.2) is 0 Å². The number of benzene rings is 2. The summed E-state index contributed by atoms with van der Waals surface area (Å²) in [5.41, 5.74) is 8.46. The first kappa shape index (κ1) is 25.4. The molecule has 1 heterocycles. The van der Waals surface area contributed by atoms with E-state index in [0.717, 1.165) is 23.6 Å². The molecule has 2 atom stereocenters. The smallest absolute Gasteiger partial charge is 0.244 e. The lowest BCUT2D eigenvalue weighted by Gasteiger charge is -2.30. The summed E-state index contributed by atoms with van der Waals surface area (Å²) in [6.45, 7) is 7.95. The summed E-state index contributed by atoms with van der Waals surface area (Å²) < 4.78 is 0. The second kappa shape index (κ2) is 11.6. The van der Waals surface area contributed by atoms with E-state index in [2.05, 4.69) is 41.4 Å².